The molecule has 0 saturated carbocycles. The molecule has 1 amide bonds. The quantitative estimate of drug-likeness (QED) is 0.387. The van der Waals surface area contributed by atoms with E-state index in [1.807, 2.05) is 42.5 Å². The fourth-order valence-electron chi connectivity index (χ4n) is 3.27. The summed E-state index contributed by atoms with van der Waals surface area (Å²) in [5.41, 5.74) is 5.60. The summed E-state index contributed by atoms with van der Waals surface area (Å²) in [6.45, 7) is 0.585. The van der Waals surface area contributed by atoms with E-state index in [9.17, 15) is 4.79 Å². The molecule has 0 atom stereocenters. The number of rotatable bonds is 5. The molecule has 3 aromatic carbocycles. The van der Waals surface area contributed by atoms with Gasteiger partial charge in [0.15, 0.2) is 0 Å². The number of para-hydroxylation sites is 2. The summed E-state index contributed by atoms with van der Waals surface area (Å²) >= 11 is 6.07. The first-order chi connectivity index (χ1) is 13.2. The van der Waals surface area contributed by atoms with Gasteiger partial charge in [-0.2, -0.15) is 5.10 Å². The molecule has 0 aliphatic carbocycles. The van der Waals surface area contributed by atoms with Crippen molar-refractivity contribution in [2.75, 3.05) is 0 Å². The lowest BCUT2D eigenvalue weighted by Crippen LogP contribution is -2.19. The third-order valence-corrected chi connectivity index (χ3v) is 4.88. The number of benzene rings is 3. The lowest BCUT2D eigenvalue weighted by atomic mass is 10.2. The zero-order valence-electron chi connectivity index (χ0n) is 14.6. The standard InChI is InChI=1S/C22H18ClN3O/c23-19-10-4-1-7-16(19)15-24-25-22(27)13-14-26-20-11-5-2-8-17(20)18-9-3-6-12-21(18)26/h1-12,15H,13-14H2,(H,25,27)/b24-15-. The predicted molar refractivity (Wildman–Crippen MR) is 111 cm³/mol. The Bertz CT molecular complexity index is 1090. The summed E-state index contributed by atoms with van der Waals surface area (Å²) in [7, 11) is 0. The number of halogens is 1. The molecule has 4 aromatic rings. The van der Waals surface area contributed by atoms with Gasteiger partial charge in [-0.3, -0.25) is 4.79 Å². The van der Waals surface area contributed by atoms with Crippen LogP contribution in [0.15, 0.2) is 77.9 Å². The van der Waals surface area contributed by atoms with Gasteiger partial charge < -0.3 is 4.57 Å². The number of hydrogen-bond acceptors (Lipinski definition) is 2. The maximum Gasteiger partial charge on any atom is 0.241 e. The van der Waals surface area contributed by atoms with Crippen LogP contribution in [0.4, 0.5) is 0 Å². The lowest BCUT2D eigenvalue weighted by molar-refractivity contribution is -0.121. The van der Waals surface area contributed by atoms with Gasteiger partial charge >= 0.3 is 0 Å². The van der Waals surface area contributed by atoms with E-state index in [0.717, 1.165) is 16.6 Å². The minimum atomic E-state index is -0.139. The van der Waals surface area contributed by atoms with Crippen molar-refractivity contribution in [2.24, 2.45) is 5.10 Å². The van der Waals surface area contributed by atoms with E-state index in [2.05, 4.69) is 39.4 Å². The molecule has 0 saturated heterocycles. The Morgan fingerprint density at radius 1 is 0.926 bits per heavy atom. The maximum atomic E-state index is 12.2. The first kappa shape index (κ1) is 17.3. The van der Waals surface area contributed by atoms with Crippen LogP contribution in [0.25, 0.3) is 21.8 Å². The number of hydrogen-bond donors (Lipinski definition) is 1. The zero-order valence-corrected chi connectivity index (χ0v) is 15.4. The van der Waals surface area contributed by atoms with E-state index in [1.54, 1.807) is 12.3 Å². The molecule has 1 N–H and O–H groups in total. The number of hydrazone groups is 1. The Morgan fingerprint density at radius 3 is 2.19 bits per heavy atom. The molecule has 134 valence electrons. The van der Waals surface area contributed by atoms with Crippen molar-refractivity contribution >= 4 is 45.5 Å². The third-order valence-electron chi connectivity index (χ3n) is 4.54. The minimum Gasteiger partial charge on any atom is -0.340 e. The molecular weight excluding hydrogens is 358 g/mol. The minimum absolute atomic E-state index is 0.139. The molecule has 0 spiro atoms. The second-order valence-corrected chi connectivity index (χ2v) is 6.66. The van der Waals surface area contributed by atoms with E-state index >= 15 is 0 Å². The van der Waals surface area contributed by atoms with E-state index in [-0.39, 0.29) is 5.91 Å². The maximum absolute atomic E-state index is 12.2. The highest BCUT2D eigenvalue weighted by molar-refractivity contribution is 6.33. The molecule has 5 heteroatoms. The number of fused-ring (bicyclic) bond motifs is 3. The molecule has 0 radical (unpaired) electrons. The summed E-state index contributed by atoms with van der Waals surface area (Å²) in [5.74, 6) is -0.139. The molecule has 4 nitrogen and oxygen atoms in total. The molecule has 1 heterocycles. The molecular formula is C22H18ClN3O. The average Bonchev–Trinajstić information content (AvgIpc) is 3.02. The van der Waals surface area contributed by atoms with Crippen molar-refractivity contribution in [3.63, 3.8) is 0 Å². The molecule has 1 aromatic heterocycles. The molecule has 4 rings (SSSR count). The van der Waals surface area contributed by atoms with Crippen LogP contribution in [0.1, 0.15) is 12.0 Å². The van der Waals surface area contributed by atoms with Gasteiger partial charge in [-0.05, 0) is 18.2 Å². The highest BCUT2D eigenvalue weighted by Crippen LogP contribution is 2.28. The third kappa shape index (κ3) is 3.57. The van der Waals surface area contributed by atoms with Crippen LogP contribution in [0.2, 0.25) is 5.02 Å². The summed E-state index contributed by atoms with van der Waals surface area (Å²) in [4.78, 5) is 12.2. The fourth-order valence-corrected chi connectivity index (χ4v) is 3.45. The van der Waals surface area contributed by atoms with Crippen LogP contribution in [0.5, 0.6) is 0 Å². The highest BCUT2D eigenvalue weighted by atomic mass is 35.5. The number of aryl methyl sites for hydroxylation is 1. The van der Waals surface area contributed by atoms with Crippen LogP contribution in [-0.4, -0.2) is 16.7 Å². The van der Waals surface area contributed by atoms with Crippen LogP contribution in [-0.2, 0) is 11.3 Å². The van der Waals surface area contributed by atoms with Crippen molar-refractivity contribution in [2.45, 2.75) is 13.0 Å². The van der Waals surface area contributed by atoms with Crippen molar-refractivity contribution in [3.8, 4) is 0 Å². The molecule has 0 aliphatic heterocycles. The van der Waals surface area contributed by atoms with Gasteiger partial charge in [-0.25, -0.2) is 5.43 Å². The normalized spacial score (nSPS) is 11.4. The smallest absolute Gasteiger partial charge is 0.241 e. The molecule has 0 unspecified atom stereocenters. The van der Waals surface area contributed by atoms with Crippen molar-refractivity contribution in [3.05, 3.63) is 83.4 Å². The van der Waals surface area contributed by atoms with E-state index in [1.165, 1.54) is 10.8 Å². The first-order valence-electron chi connectivity index (χ1n) is 8.76. The topological polar surface area (TPSA) is 46.4 Å². The summed E-state index contributed by atoms with van der Waals surface area (Å²) in [6.07, 6.45) is 1.89. The second-order valence-electron chi connectivity index (χ2n) is 6.25. The number of nitrogens with zero attached hydrogens (tertiary/aromatic N) is 2. The summed E-state index contributed by atoms with van der Waals surface area (Å²) < 4.78 is 2.18. The number of aromatic nitrogens is 1. The van der Waals surface area contributed by atoms with Gasteiger partial charge in [-0.15, -0.1) is 0 Å². The van der Waals surface area contributed by atoms with E-state index < -0.39 is 0 Å². The Kier molecular flexibility index (Phi) is 4.90. The van der Waals surface area contributed by atoms with Crippen LogP contribution >= 0.6 is 11.6 Å². The first-order valence-corrected chi connectivity index (χ1v) is 9.14. The number of carbonyl (C=O) groups is 1. The van der Waals surface area contributed by atoms with Gasteiger partial charge in [0.25, 0.3) is 0 Å². The largest absolute Gasteiger partial charge is 0.340 e. The highest BCUT2D eigenvalue weighted by Gasteiger charge is 2.10. The zero-order chi connectivity index (χ0) is 18.6. The Labute approximate surface area is 162 Å². The van der Waals surface area contributed by atoms with Gasteiger partial charge in [-0.1, -0.05) is 66.2 Å². The fraction of sp³-hybridized carbons (Fsp3) is 0.0909. The van der Waals surface area contributed by atoms with Gasteiger partial charge in [0.2, 0.25) is 5.91 Å². The van der Waals surface area contributed by atoms with E-state index in [4.69, 9.17) is 11.6 Å². The van der Waals surface area contributed by atoms with Gasteiger partial charge in [0.05, 0.1) is 6.21 Å². The summed E-state index contributed by atoms with van der Waals surface area (Å²) in [6, 6.07) is 23.9. The molecule has 0 bridgehead atoms. The Balaban J connectivity index is 1.48. The molecule has 0 fully saturated rings. The second kappa shape index (κ2) is 7.64. The Morgan fingerprint density at radius 2 is 1.52 bits per heavy atom. The van der Waals surface area contributed by atoms with Gasteiger partial charge in [0, 0.05) is 45.4 Å². The monoisotopic (exact) mass is 375 g/mol. The van der Waals surface area contributed by atoms with Crippen LogP contribution in [0, 0.1) is 0 Å². The van der Waals surface area contributed by atoms with Crippen molar-refractivity contribution in [1.29, 1.82) is 0 Å². The summed E-state index contributed by atoms with van der Waals surface area (Å²) in [5, 5.41) is 7.01. The van der Waals surface area contributed by atoms with Crippen molar-refractivity contribution < 1.29 is 4.79 Å². The van der Waals surface area contributed by atoms with Gasteiger partial charge in [0.1, 0.15) is 0 Å². The van der Waals surface area contributed by atoms with Crippen LogP contribution < -0.4 is 5.43 Å². The average molecular weight is 376 g/mol. The SMILES string of the molecule is O=C(CCn1c2ccccc2c2ccccc21)N/N=C\c1ccccc1Cl. The molecule has 0 aliphatic rings. The number of amides is 1. The molecule has 27 heavy (non-hydrogen) atoms. The van der Waals surface area contributed by atoms with E-state index in [0.29, 0.717) is 18.0 Å². The van der Waals surface area contributed by atoms with Crippen molar-refractivity contribution in [1.82, 2.24) is 9.99 Å². The lowest BCUT2D eigenvalue weighted by Gasteiger charge is -2.06. The van der Waals surface area contributed by atoms with Crippen LogP contribution in [0.3, 0.4) is 0 Å². The predicted octanol–water partition coefficient (Wildman–Crippen LogP) is 4.99. The number of nitrogens with one attached hydrogen (secondary N) is 1. The number of carbonyl (C=O) groups excluding carboxylic acids is 1. The Hall–Kier alpha value is -3.11.